The van der Waals surface area contributed by atoms with Gasteiger partial charge in [0.2, 0.25) is 11.8 Å². The molecule has 2 aromatic rings. The van der Waals surface area contributed by atoms with E-state index in [1.807, 2.05) is 29.2 Å². The van der Waals surface area contributed by atoms with E-state index in [-0.39, 0.29) is 29.9 Å². The summed E-state index contributed by atoms with van der Waals surface area (Å²) in [4.78, 5) is 36.5. The number of hydrogen-bond acceptors (Lipinski definition) is 6. The molecule has 3 atom stereocenters. The molecule has 5 rings (SSSR count). The summed E-state index contributed by atoms with van der Waals surface area (Å²) in [6.45, 7) is 5.42. The third-order valence-corrected chi connectivity index (χ3v) is 7.37. The number of pyridine rings is 1. The van der Waals surface area contributed by atoms with Crippen LogP contribution in [0.1, 0.15) is 25.0 Å². The van der Waals surface area contributed by atoms with Crippen LogP contribution in [0.4, 0.5) is 5.69 Å². The normalized spacial score (nSPS) is 25.2. The van der Waals surface area contributed by atoms with Gasteiger partial charge in [-0.05, 0) is 37.1 Å². The van der Waals surface area contributed by atoms with Crippen molar-refractivity contribution >= 4 is 17.5 Å². The van der Waals surface area contributed by atoms with Crippen LogP contribution in [0.2, 0.25) is 0 Å². The maximum absolute atomic E-state index is 12.9. The van der Waals surface area contributed by atoms with Crippen LogP contribution in [-0.2, 0) is 16.1 Å². The lowest BCUT2D eigenvalue weighted by Crippen LogP contribution is -2.58. The van der Waals surface area contributed by atoms with E-state index in [0.29, 0.717) is 19.5 Å². The van der Waals surface area contributed by atoms with Crippen molar-refractivity contribution in [3.8, 4) is 0 Å². The Morgan fingerprint density at radius 3 is 2.62 bits per heavy atom. The Balaban J connectivity index is 1.10. The van der Waals surface area contributed by atoms with Gasteiger partial charge in [0.05, 0.1) is 11.7 Å². The zero-order valence-electron chi connectivity index (χ0n) is 19.6. The molecular formula is C26H34N6O2. The second-order valence-electron chi connectivity index (χ2n) is 9.49. The molecule has 2 N–H and O–H groups in total. The van der Waals surface area contributed by atoms with E-state index in [0.717, 1.165) is 51.3 Å². The molecule has 3 fully saturated rings. The zero-order chi connectivity index (χ0) is 23.3. The number of benzene rings is 1. The number of nitrogens with one attached hydrogen (secondary N) is 2. The number of piperazine rings is 2. The van der Waals surface area contributed by atoms with Gasteiger partial charge in [-0.2, -0.15) is 0 Å². The Kier molecular flexibility index (Phi) is 7.06. The van der Waals surface area contributed by atoms with Crippen LogP contribution in [0.3, 0.4) is 0 Å². The minimum absolute atomic E-state index is 0.107. The highest BCUT2D eigenvalue weighted by atomic mass is 16.2. The number of hydrogen-bond donors (Lipinski definition) is 2. The van der Waals surface area contributed by atoms with Crippen molar-refractivity contribution in [2.45, 2.75) is 43.9 Å². The number of carbonyl (C=O) groups excluding carboxylic acids is 2. The van der Waals surface area contributed by atoms with Gasteiger partial charge in [-0.3, -0.25) is 19.5 Å². The lowest BCUT2D eigenvalue weighted by atomic mass is 10.0. The molecule has 0 spiro atoms. The zero-order valence-corrected chi connectivity index (χ0v) is 19.6. The van der Waals surface area contributed by atoms with Gasteiger partial charge in [-0.25, -0.2) is 0 Å². The first-order chi connectivity index (χ1) is 16.7. The molecule has 0 radical (unpaired) electrons. The molecule has 0 bridgehead atoms. The molecule has 3 aliphatic heterocycles. The predicted molar refractivity (Wildman–Crippen MR) is 131 cm³/mol. The molecule has 0 saturated carbocycles. The van der Waals surface area contributed by atoms with Crippen molar-refractivity contribution in [1.29, 1.82) is 0 Å². The van der Waals surface area contributed by atoms with E-state index < -0.39 is 0 Å². The summed E-state index contributed by atoms with van der Waals surface area (Å²) in [6, 6.07) is 16.7. The molecule has 1 aromatic heterocycles. The largest absolute Gasteiger partial charge is 0.368 e. The molecule has 2 amide bonds. The van der Waals surface area contributed by atoms with E-state index in [2.05, 4.69) is 49.7 Å². The summed E-state index contributed by atoms with van der Waals surface area (Å²) in [7, 11) is 0. The Labute approximate surface area is 201 Å². The van der Waals surface area contributed by atoms with E-state index in [1.165, 1.54) is 5.69 Å². The minimum atomic E-state index is -0.107. The first-order valence-corrected chi connectivity index (χ1v) is 12.4. The Bertz CT molecular complexity index is 964. The van der Waals surface area contributed by atoms with Gasteiger partial charge in [0.1, 0.15) is 0 Å². The topological polar surface area (TPSA) is 80.8 Å². The first kappa shape index (κ1) is 22.8. The molecule has 34 heavy (non-hydrogen) atoms. The van der Waals surface area contributed by atoms with Crippen molar-refractivity contribution in [3.05, 3.63) is 60.4 Å². The molecule has 3 saturated heterocycles. The number of amides is 2. The summed E-state index contributed by atoms with van der Waals surface area (Å²) < 4.78 is 0. The maximum atomic E-state index is 12.9. The van der Waals surface area contributed by atoms with Crippen LogP contribution in [0.15, 0.2) is 54.7 Å². The number of para-hydroxylation sites is 1. The molecule has 3 unspecified atom stereocenters. The lowest BCUT2D eigenvalue weighted by molar-refractivity contribution is -0.132. The summed E-state index contributed by atoms with van der Waals surface area (Å²) in [6.07, 6.45) is 3.91. The fraction of sp³-hybridized carbons (Fsp3) is 0.500. The molecular weight excluding hydrogens is 428 g/mol. The van der Waals surface area contributed by atoms with Crippen LogP contribution in [0, 0.1) is 0 Å². The summed E-state index contributed by atoms with van der Waals surface area (Å²) >= 11 is 0. The van der Waals surface area contributed by atoms with Gasteiger partial charge < -0.3 is 20.4 Å². The van der Waals surface area contributed by atoms with Gasteiger partial charge in [-0.15, -0.1) is 0 Å². The minimum Gasteiger partial charge on any atom is -0.368 e. The number of fused-ring (bicyclic) bond motifs is 1. The SMILES string of the molecule is O=C1NCC(CCC(=O)N2CCN(c3ccccc3)CC2)N2CC(NCc3ccccn3)CC12. The lowest BCUT2D eigenvalue weighted by Gasteiger charge is -2.38. The maximum Gasteiger partial charge on any atom is 0.237 e. The van der Waals surface area contributed by atoms with Gasteiger partial charge >= 0.3 is 0 Å². The Hall–Kier alpha value is -2.97. The van der Waals surface area contributed by atoms with Crippen LogP contribution in [-0.4, -0.2) is 84.0 Å². The van der Waals surface area contributed by atoms with Crippen LogP contribution in [0.25, 0.3) is 0 Å². The second-order valence-corrected chi connectivity index (χ2v) is 9.49. The Morgan fingerprint density at radius 1 is 1.06 bits per heavy atom. The second kappa shape index (κ2) is 10.5. The van der Waals surface area contributed by atoms with Crippen molar-refractivity contribution < 1.29 is 9.59 Å². The predicted octanol–water partition coefficient (Wildman–Crippen LogP) is 1.24. The van der Waals surface area contributed by atoms with Crippen LogP contribution < -0.4 is 15.5 Å². The Morgan fingerprint density at radius 2 is 1.85 bits per heavy atom. The highest BCUT2D eigenvalue weighted by Crippen LogP contribution is 2.26. The molecule has 8 nitrogen and oxygen atoms in total. The number of carbonyl (C=O) groups is 2. The highest BCUT2D eigenvalue weighted by Gasteiger charge is 2.43. The van der Waals surface area contributed by atoms with E-state index in [1.54, 1.807) is 6.20 Å². The van der Waals surface area contributed by atoms with Crippen LogP contribution >= 0.6 is 0 Å². The molecule has 4 heterocycles. The van der Waals surface area contributed by atoms with Gasteiger partial charge in [-0.1, -0.05) is 24.3 Å². The molecule has 3 aliphatic rings. The quantitative estimate of drug-likeness (QED) is 0.645. The summed E-state index contributed by atoms with van der Waals surface area (Å²) in [5.74, 6) is 0.340. The average Bonchev–Trinajstić information content (AvgIpc) is 3.34. The van der Waals surface area contributed by atoms with E-state index >= 15 is 0 Å². The van der Waals surface area contributed by atoms with Gasteiger partial charge in [0.15, 0.2) is 0 Å². The number of aromatic nitrogens is 1. The fourth-order valence-corrected chi connectivity index (χ4v) is 5.44. The van der Waals surface area contributed by atoms with Crippen molar-refractivity contribution in [2.24, 2.45) is 0 Å². The smallest absolute Gasteiger partial charge is 0.237 e. The number of rotatable bonds is 7. The highest BCUT2D eigenvalue weighted by molar-refractivity contribution is 5.83. The molecule has 0 aliphatic carbocycles. The van der Waals surface area contributed by atoms with E-state index in [4.69, 9.17) is 0 Å². The molecule has 8 heteroatoms. The average molecular weight is 463 g/mol. The van der Waals surface area contributed by atoms with Crippen molar-refractivity contribution in [3.63, 3.8) is 0 Å². The van der Waals surface area contributed by atoms with Gasteiger partial charge in [0, 0.05) is 76.2 Å². The number of nitrogens with zero attached hydrogens (tertiary/aromatic N) is 4. The first-order valence-electron chi connectivity index (χ1n) is 12.4. The standard InChI is InChI=1S/C26H34N6O2/c33-25(31-14-12-30(13-15-31)22-7-2-1-3-8-22)10-9-23-18-29-26(34)24-16-21(19-32(23)24)28-17-20-6-4-5-11-27-20/h1-8,11,21,23-24,28H,9-10,12-19H2,(H,29,34). The molecule has 180 valence electrons. The molecule has 1 aromatic carbocycles. The summed E-state index contributed by atoms with van der Waals surface area (Å²) in [5.41, 5.74) is 2.23. The fourth-order valence-electron chi connectivity index (χ4n) is 5.44. The number of anilines is 1. The van der Waals surface area contributed by atoms with E-state index in [9.17, 15) is 9.59 Å². The summed E-state index contributed by atoms with van der Waals surface area (Å²) in [5, 5.41) is 6.64. The van der Waals surface area contributed by atoms with Crippen molar-refractivity contribution in [1.82, 2.24) is 25.4 Å². The van der Waals surface area contributed by atoms with Crippen molar-refractivity contribution in [2.75, 3.05) is 44.2 Å². The van der Waals surface area contributed by atoms with Crippen LogP contribution in [0.5, 0.6) is 0 Å². The van der Waals surface area contributed by atoms with Gasteiger partial charge in [0.25, 0.3) is 0 Å². The monoisotopic (exact) mass is 462 g/mol. The third-order valence-electron chi connectivity index (χ3n) is 7.37. The third kappa shape index (κ3) is 5.23.